The Morgan fingerprint density at radius 2 is 1.88 bits per heavy atom. The average Bonchev–Trinajstić information content (AvgIpc) is 2.50. The number of phenols is 1. The number of nitrogens with one attached hydrogen (secondary N) is 1. The van der Waals surface area contributed by atoms with Crippen molar-refractivity contribution >= 4 is 28.9 Å². The van der Waals surface area contributed by atoms with Crippen LogP contribution in [0.3, 0.4) is 0 Å². The number of carbonyl (C=O) groups excluding carboxylic acids is 1. The molecule has 0 atom stereocenters. The highest BCUT2D eigenvalue weighted by Gasteiger charge is 2.23. The summed E-state index contributed by atoms with van der Waals surface area (Å²) in [6, 6.07) is 7.79. The molecule has 0 aliphatic heterocycles. The Hall–Kier alpha value is -2.40. The first-order chi connectivity index (χ1) is 11.1. The molecule has 2 aromatic carbocycles. The lowest BCUT2D eigenvalue weighted by atomic mass is 9.84. The molecule has 0 saturated carbocycles. The van der Waals surface area contributed by atoms with Gasteiger partial charge >= 0.3 is 0 Å². The number of carbonyl (C=O) groups is 1. The Kier molecular flexibility index (Phi) is 4.94. The van der Waals surface area contributed by atoms with E-state index in [1.54, 1.807) is 6.07 Å². The summed E-state index contributed by atoms with van der Waals surface area (Å²) in [5.41, 5.74) is 1.95. The molecule has 0 fully saturated rings. The number of phenolic OH excluding ortho intramolecular Hbond substituents is 1. The second kappa shape index (κ2) is 6.61. The van der Waals surface area contributed by atoms with E-state index in [-0.39, 0.29) is 27.4 Å². The summed E-state index contributed by atoms with van der Waals surface area (Å²) in [4.78, 5) is 23.1. The van der Waals surface area contributed by atoms with Crippen LogP contribution < -0.4 is 5.32 Å². The number of hydrogen-bond donors (Lipinski definition) is 2. The first-order valence-electron chi connectivity index (χ1n) is 7.42. The van der Waals surface area contributed by atoms with Gasteiger partial charge in [-0.25, -0.2) is 0 Å². The molecule has 2 aromatic rings. The zero-order chi connectivity index (χ0) is 18.1. The van der Waals surface area contributed by atoms with E-state index in [1.807, 2.05) is 33.8 Å². The Labute approximate surface area is 145 Å². The van der Waals surface area contributed by atoms with Crippen LogP contribution in [0.1, 0.15) is 42.3 Å². The van der Waals surface area contributed by atoms with Crippen molar-refractivity contribution in [2.45, 2.75) is 33.1 Å². The number of nitroso groups, excluding NO2 is 1. The largest absolute Gasteiger partial charge is 0.507 e. The van der Waals surface area contributed by atoms with Gasteiger partial charge in [0.2, 0.25) is 0 Å². The second-order valence-electron chi connectivity index (χ2n) is 6.67. The number of amides is 1. The third kappa shape index (κ3) is 3.74. The molecule has 1 amide bonds. The molecule has 0 bridgehead atoms. The molecule has 0 aliphatic rings. The Balaban J connectivity index is 2.40. The van der Waals surface area contributed by atoms with Gasteiger partial charge in [0.25, 0.3) is 5.91 Å². The van der Waals surface area contributed by atoms with Gasteiger partial charge in [0, 0.05) is 5.56 Å². The molecule has 0 radical (unpaired) electrons. The van der Waals surface area contributed by atoms with Gasteiger partial charge in [-0.05, 0) is 47.3 Å². The van der Waals surface area contributed by atoms with Crippen LogP contribution in [0.4, 0.5) is 11.4 Å². The summed E-state index contributed by atoms with van der Waals surface area (Å²) >= 11 is 6.04. The standard InChI is InChI=1S/C18H19ClN2O3/c1-10-7-12(16(22)13(8-10)18(2,3)4)17(23)20-15-6-5-11(21-24)9-14(15)19/h5-9,22H,1-4H3,(H,20,23). The van der Waals surface area contributed by atoms with Crippen molar-refractivity contribution in [3.63, 3.8) is 0 Å². The molecule has 2 rings (SSSR count). The molecule has 0 saturated heterocycles. The monoisotopic (exact) mass is 346 g/mol. The molecule has 6 heteroatoms. The molecule has 24 heavy (non-hydrogen) atoms. The molecule has 0 aromatic heterocycles. The molecular weight excluding hydrogens is 328 g/mol. The van der Waals surface area contributed by atoms with Crippen molar-refractivity contribution in [1.82, 2.24) is 0 Å². The highest BCUT2D eigenvalue weighted by molar-refractivity contribution is 6.34. The van der Waals surface area contributed by atoms with E-state index in [0.29, 0.717) is 11.3 Å². The molecule has 5 nitrogen and oxygen atoms in total. The lowest BCUT2D eigenvalue weighted by Crippen LogP contribution is -2.17. The SMILES string of the molecule is Cc1cc(C(=O)Nc2ccc(N=O)cc2Cl)c(O)c(C(C)(C)C)c1. The number of aromatic hydroxyl groups is 1. The zero-order valence-corrected chi connectivity index (χ0v) is 14.7. The third-order valence-corrected chi connectivity index (χ3v) is 3.93. The molecule has 0 unspecified atom stereocenters. The van der Waals surface area contributed by atoms with Gasteiger partial charge in [-0.2, -0.15) is 0 Å². The van der Waals surface area contributed by atoms with Crippen molar-refractivity contribution < 1.29 is 9.90 Å². The topological polar surface area (TPSA) is 78.8 Å². The number of aryl methyl sites for hydroxylation is 1. The van der Waals surface area contributed by atoms with Crippen LogP contribution in [0.2, 0.25) is 5.02 Å². The molecule has 0 spiro atoms. The number of hydrogen-bond acceptors (Lipinski definition) is 4. The van der Waals surface area contributed by atoms with Crippen LogP contribution in [0.25, 0.3) is 0 Å². The van der Waals surface area contributed by atoms with Gasteiger partial charge in [-0.3, -0.25) is 4.79 Å². The van der Waals surface area contributed by atoms with Gasteiger partial charge in [0.1, 0.15) is 11.4 Å². The minimum Gasteiger partial charge on any atom is -0.507 e. The lowest BCUT2D eigenvalue weighted by molar-refractivity contribution is 0.102. The van der Waals surface area contributed by atoms with E-state index in [9.17, 15) is 14.8 Å². The van der Waals surface area contributed by atoms with Gasteiger partial charge < -0.3 is 10.4 Å². The van der Waals surface area contributed by atoms with Crippen molar-refractivity contribution in [2.24, 2.45) is 5.18 Å². The maximum atomic E-state index is 12.6. The van der Waals surface area contributed by atoms with Crippen molar-refractivity contribution in [1.29, 1.82) is 0 Å². The van der Waals surface area contributed by atoms with E-state index in [1.165, 1.54) is 18.2 Å². The second-order valence-corrected chi connectivity index (χ2v) is 7.08. The normalized spacial score (nSPS) is 11.2. The zero-order valence-electron chi connectivity index (χ0n) is 14.0. The van der Waals surface area contributed by atoms with Crippen LogP contribution >= 0.6 is 11.6 Å². The fourth-order valence-electron chi connectivity index (χ4n) is 2.38. The first kappa shape index (κ1) is 17.9. The van der Waals surface area contributed by atoms with E-state index in [4.69, 9.17) is 11.6 Å². The number of anilines is 1. The van der Waals surface area contributed by atoms with Crippen molar-refractivity contribution in [3.8, 4) is 5.75 Å². The molecule has 0 aliphatic carbocycles. The van der Waals surface area contributed by atoms with E-state index in [2.05, 4.69) is 10.5 Å². The summed E-state index contributed by atoms with van der Waals surface area (Å²) < 4.78 is 0. The van der Waals surface area contributed by atoms with Crippen molar-refractivity contribution in [3.05, 3.63) is 57.0 Å². The quantitative estimate of drug-likeness (QED) is 0.740. The van der Waals surface area contributed by atoms with Crippen LogP contribution in [0.5, 0.6) is 5.75 Å². The Bertz CT molecular complexity index is 811. The van der Waals surface area contributed by atoms with Crippen LogP contribution in [-0.4, -0.2) is 11.0 Å². The fourth-order valence-corrected chi connectivity index (χ4v) is 2.60. The average molecular weight is 347 g/mol. The predicted octanol–water partition coefficient (Wildman–Crippen LogP) is 5.30. The maximum absolute atomic E-state index is 12.6. The predicted molar refractivity (Wildman–Crippen MR) is 96.4 cm³/mol. The molecule has 126 valence electrons. The van der Waals surface area contributed by atoms with Gasteiger partial charge in [0.05, 0.1) is 16.3 Å². The Morgan fingerprint density at radius 3 is 2.42 bits per heavy atom. The van der Waals surface area contributed by atoms with Crippen LogP contribution in [0.15, 0.2) is 35.5 Å². The molecule has 0 heterocycles. The summed E-state index contributed by atoms with van der Waals surface area (Å²) in [7, 11) is 0. The van der Waals surface area contributed by atoms with E-state index >= 15 is 0 Å². The summed E-state index contributed by atoms with van der Waals surface area (Å²) in [5, 5.41) is 16.1. The minimum absolute atomic E-state index is 0.0482. The van der Waals surface area contributed by atoms with E-state index in [0.717, 1.165) is 5.56 Å². The Morgan fingerprint density at radius 1 is 1.21 bits per heavy atom. The van der Waals surface area contributed by atoms with Gasteiger partial charge in [-0.1, -0.05) is 38.4 Å². The van der Waals surface area contributed by atoms with Crippen LogP contribution in [0, 0.1) is 11.8 Å². The van der Waals surface area contributed by atoms with Crippen LogP contribution in [-0.2, 0) is 5.41 Å². The number of halogens is 1. The lowest BCUT2D eigenvalue weighted by Gasteiger charge is -2.22. The molecular formula is C18H19ClN2O3. The summed E-state index contributed by atoms with van der Waals surface area (Å²) in [5.74, 6) is -0.525. The smallest absolute Gasteiger partial charge is 0.259 e. The van der Waals surface area contributed by atoms with Gasteiger partial charge in [0.15, 0.2) is 0 Å². The summed E-state index contributed by atoms with van der Waals surface area (Å²) in [6.07, 6.45) is 0. The highest BCUT2D eigenvalue weighted by Crippen LogP contribution is 2.35. The highest BCUT2D eigenvalue weighted by atomic mass is 35.5. The molecule has 2 N–H and O–H groups in total. The van der Waals surface area contributed by atoms with Gasteiger partial charge in [-0.15, -0.1) is 4.91 Å². The first-order valence-corrected chi connectivity index (χ1v) is 7.79. The maximum Gasteiger partial charge on any atom is 0.259 e. The fraction of sp³-hybridized carbons (Fsp3) is 0.278. The van der Waals surface area contributed by atoms with E-state index < -0.39 is 5.91 Å². The summed E-state index contributed by atoms with van der Waals surface area (Å²) in [6.45, 7) is 7.75. The minimum atomic E-state index is -0.476. The number of nitrogens with zero attached hydrogens (tertiary/aromatic N) is 1. The third-order valence-electron chi connectivity index (χ3n) is 3.61. The number of rotatable bonds is 3. The van der Waals surface area contributed by atoms with Crippen molar-refractivity contribution in [2.75, 3.05) is 5.32 Å². The number of benzene rings is 2.